The average Bonchev–Trinajstić information content (AvgIpc) is 2.37. The van der Waals surface area contributed by atoms with Crippen LogP contribution in [0.4, 0.5) is 9.59 Å². The van der Waals surface area contributed by atoms with Crippen molar-refractivity contribution >= 4 is 12.2 Å². The summed E-state index contributed by atoms with van der Waals surface area (Å²) in [5, 5.41) is 0. The van der Waals surface area contributed by atoms with Gasteiger partial charge < -0.3 is 9.47 Å². The van der Waals surface area contributed by atoms with E-state index in [1.165, 1.54) is 11.3 Å². The van der Waals surface area contributed by atoms with Crippen molar-refractivity contribution in [1.29, 1.82) is 0 Å². The molecule has 0 aromatic rings. The van der Waals surface area contributed by atoms with Crippen LogP contribution in [0.15, 0.2) is 0 Å². The van der Waals surface area contributed by atoms with E-state index in [0.717, 1.165) is 37.5 Å². The van der Waals surface area contributed by atoms with Crippen LogP contribution in [0.2, 0.25) is 0 Å². The molecule has 4 aliphatic rings. The van der Waals surface area contributed by atoms with Gasteiger partial charge in [-0.3, -0.25) is 0 Å². The lowest BCUT2D eigenvalue weighted by Gasteiger charge is -2.56. The maximum Gasteiger partial charge on any atom is 0.420 e. The van der Waals surface area contributed by atoms with Gasteiger partial charge in [0.15, 0.2) is 0 Å². The highest BCUT2D eigenvalue weighted by Crippen LogP contribution is 2.55. The third kappa shape index (κ3) is 4.12. The number of rotatable bonds is 1. The molecule has 5 nitrogen and oxygen atoms in total. The Balaban J connectivity index is 1.85. The quantitative estimate of drug-likeness (QED) is 0.668. The molecule has 142 valence electrons. The first-order chi connectivity index (χ1) is 11.4. The highest BCUT2D eigenvalue weighted by molar-refractivity contribution is 5.88. The maximum absolute atomic E-state index is 12.9. The van der Waals surface area contributed by atoms with Crippen LogP contribution in [0.3, 0.4) is 0 Å². The molecule has 0 radical (unpaired) electrons. The molecule has 4 aliphatic carbocycles. The molecule has 4 fully saturated rings. The molecule has 0 aliphatic heterocycles. The van der Waals surface area contributed by atoms with Gasteiger partial charge in [0.2, 0.25) is 0 Å². The van der Waals surface area contributed by atoms with E-state index in [0.29, 0.717) is 11.8 Å². The van der Waals surface area contributed by atoms with Crippen LogP contribution in [-0.4, -0.2) is 34.3 Å². The lowest BCUT2D eigenvalue weighted by atomic mass is 9.54. The maximum atomic E-state index is 12.9. The molecule has 0 heterocycles. The van der Waals surface area contributed by atoms with Crippen LogP contribution in [0.5, 0.6) is 0 Å². The molecule has 4 saturated carbocycles. The fraction of sp³-hybridized carbons (Fsp3) is 0.900. The molecule has 2 amide bonds. The Labute approximate surface area is 151 Å². The molecule has 4 bridgehead atoms. The van der Waals surface area contributed by atoms with Gasteiger partial charge >= 0.3 is 12.2 Å². The van der Waals surface area contributed by atoms with Crippen LogP contribution in [0, 0.1) is 23.7 Å². The minimum atomic E-state index is -0.636. The van der Waals surface area contributed by atoms with Crippen molar-refractivity contribution in [2.45, 2.75) is 90.9 Å². The van der Waals surface area contributed by atoms with Crippen molar-refractivity contribution in [3.63, 3.8) is 0 Å². The summed E-state index contributed by atoms with van der Waals surface area (Å²) in [6.07, 6.45) is 4.72. The topological polar surface area (TPSA) is 55.8 Å². The summed E-state index contributed by atoms with van der Waals surface area (Å²) in [5.41, 5.74) is -1.27. The number of carbonyl (C=O) groups excluding carboxylic acids is 2. The van der Waals surface area contributed by atoms with Crippen LogP contribution in [0.25, 0.3) is 0 Å². The van der Waals surface area contributed by atoms with Crippen molar-refractivity contribution in [3.05, 3.63) is 0 Å². The zero-order valence-corrected chi connectivity index (χ0v) is 16.5. The van der Waals surface area contributed by atoms with Gasteiger partial charge in [-0.15, -0.1) is 0 Å². The van der Waals surface area contributed by atoms with Crippen molar-refractivity contribution in [3.8, 4) is 0 Å². The highest BCUT2D eigenvalue weighted by atomic mass is 16.6. The molecule has 0 saturated heterocycles. The summed E-state index contributed by atoms with van der Waals surface area (Å²) >= 11 is 0. The summed E-state index contributed by atoms with van der Waals surface area (Å²) in [6.45, 7) is 11.0. The molecular weight excluding hydrogens is 318 g/mol. The zero-order valence-electron chi connectivity index (χ0n) is 16.5. The molecule has 0 N–H and O–H groups in total. The van der Waals surface area contributed by atoms with Gasteiger partial charge in [-0.2, -0.15) is 0 Å². The van der Waals surface area contributed by atoms with Crippen LogP contribution < -0.4 is 0 Å². The van der Waals surface area contributed by atoms with Crippen molar-refractivity contribution in [1.82, 2.24) is 4.90 Å². The molecule has 5 heteroatoms. The predicted molar refractivity (Wildman–Crippen MR) is 95.1 cm³/mol. The van der Waals surface area contributed by atoms with E-state index in [9.17, 15) is 9.59 Å². The average molecular weight is 351 g/mol. The number of hydrogen-bond donors (Lipinski definition) is 0. The monoisotopic (exact) mass is 351 g/mol. The first kappa shape index (κ1) is 18.5. The normalized spacial score (nSPS) is 33.9. The van der Waals surface area contributed by atoms with Gasteiger partial charge in [0.05, 0.1) is 6.04 Å². The Morgan fingerprint density at radius 2 is 1.08 bits per heavy atom. The summed E-state index contributed by atoms with van der Waals surface area (Å²) in [4.78, 5) is 27.1. The second-order valence-electron chi connectivity index (χ2n) is 10.3. The van der Waals surface area contributed by atoms with E-state index in [1.54, 1.807) is 0 Å². The van der Waals surface area contributed by atoms with Crippen molar-refractivity contribution < 1.29 is 19.1 Å². The first-order valence-corrected chi connectivity index (χ1v) is 9.68. The summed E-state index contributed by atoms with van der Waals surface area (Å²) in [5.74, 6) is 2.35. The molecule has 0 spiro atoms. The van der Waals surface area contributed by atoms with Gasteiger partial charge in [-0.1, -0.05) is 0 Å². The molecular formula is C20H33NO4. The zero-order chi connectivity index (χ0) is 18.6. The van der Waals surface area contributed by atoms with Gasteiger partial charge in [0, 0.05) is 0 Å². The third-order valence-electron chi connectivity index (χ3n) is 5.66. The third-order valence-corrected chi connectivity index (χ3v) is 5.66. The Morgan fingerprint density at radius 3 is 1.40 bits per heavy atom. The van der Waals surface area contributed by atoms with Gasteiger partial charge in [-0.25, -0.2) is 14.5 Å². The lowest BCUT2D eigenvalue weighted by molar-refractivity contribution is -0.0738. The fourth-order valence-electron chi connectivity index (χ4n) is 5.26. The molecule has 4 rings (SSSR count). The second-order valence-corrected chi connectivity index (χ2v) is 10.3. The number of carbonyl (C=O) groups is 2. The molecule has 0 unspecified atom stereocenters. The van der Waals surface area contributed by atoms with Crippen LogP contribution in [0.1, 0.15) is 73.6 Å². The SMILES string of the molecule is CC(C)(C)OC(=O)N(C(=O)OC(C)(C)C)C1C2CC3CC(C2)CC1C3. The Morgan fingerprint density at radius 1 is 0.720 bits per heavy atom. The highest BCUT2D eigenvalue weighted by Gasteiger charge is 2.53. The second kappa shape index (κ2) is 6.17. The largest absolute Gasteiger partial charge is 0.443 e. The number of nitrogens with zero attached hydrogens (tertiary/aromatic N) is 1. The lowest BCUT2D eigenvalue weighted by Crippen LogP contribution is -2.60. The fourth-order valence-corrected chi connectivity index (χ4v) is 5.26. The minimum Gasteiger partial charge on any atom is -0.443 e. The summed E-state index contributed by atoms with van der Waals surface area (Å²) in [7, 11) is 0. The van der Waals surface area contributed by atoms with E-state index in [-0.39, 0.29) is 6.04 Å². The van der Waals surface area contributed by atoms with Crippen molar-refractivity contribution in [2.24, 2.45) is 23.7 Å². The van der Waals surface area contributed by atoms with Crippen molar-refractivity contribution in [2.75, 3.05) is 0 Å². The Hall–Kier alpha value is -1.26. The van der Waals surface area contributed by atoms with E-state index in [1.807, 2.05) is 41.5 Å². The number of imide groups is 1. The van der Waals surface area contributed by atoms with E-state index in [4.69, 9.17) is 9.47 Å². The summed E-state index contributed by atoms with van der Waals surface area (Å²) in [6, 6.07) is -0.0718. The van der Waals surface area contributed by atoms with Gasteiger partial charge in [-0.05, 0) is 97.3 Å². The standard InChI is InChI=1S/C20H33NO4/c1-19(2,3)24-17(22)21(18(23)25-20(4,5)6)16-14-8-12-7-13(10-14)11-15(16)9-12/h12-16H,7-11H2,1-6H3. The van der Waals surface area contributed by atoms with E-state index in [2.05, 4.69) is 0 Å². The Kier molecular flexibility index (Phi) is 4.57. The van der Waals surface area contributed by atoms with Crippen LogP contribution in [-0.2, 0) is 9.47 Å². The predicted octanol–water partition coefficient (Wildman–Crippen LogP) is 4.98. The molecule has 0 atom stereocenters. The van der Waals surface area contributed by atoms with Crippen LogP contribution >= 0.6 is 0 Å². The molecule has 25 heavy (non-hydrogen) atoms. The van der Waals surface area contributed by atoms with Gasteiger partial charge in [0.1, 0.15) is 11.2 Å². The van der Waals surface area contributed by atoms with E-state index < -0.39 is 23.4 Å². The minimum absolute atomic E-state index is 0.0718. The summed E-state index contributed by atoms with van der Waals surface area (Å²) < 4.78 is 11.2. The molecule has 0 aromatic heterocycles. The number of ether oxygens (including phenoxy) is 2. The smallest absolute Gasteiger partial charge is 0.420 e. The van der Waals surface area contributed by atoms with E-state index >= 15 is 0 Å². The van der Waals surface area contributed by atoms with Gasteiger partial charge in [0.25, 0.3) is 0 Å². The number of hydrogen-bond acceptors (Lipinski definition) is 4. The Bertz CT molecular complexity index is 487. The number of amides is 2. The first-order valence-electron chi connectivity index (χ1n) is 9.68. The molecule has 0 aromatic carbocycles.